The van der Waals surface area contributed by atoms with Crippen LogP contribution in [-0.2, 0) is 0 Å². The van der Waals surface area contributed by atoms with E-state index in [9.17, 15) is 4.79 Å². The molecule has 0 aromatic heterocycles. The van der Waals surface area contributed by atoms with Gasteiger partial charge in [0.05, 0.1) is 12.3 Å². The lowest BCUT2D eigenvalue weighted by molar-refractivity contribution is 0.157. The predicted molar refractivity (Wildman–Crippen MR) is 33.4 cm³/mol. The average Bonchev–Trinajstić information content (AvgIpc) is 2.34. The molecular weight excluding hydrogens is 136 g/mol. The lowest BCUT2D eigenvalue weighted by Crippen LogP contribution is -2.26. The molecule has 1 heterocycles. The summed E-state index contributed by atoms with van der Waals surface area (Å²) in [7, 11) is 0. The van der Waals surface area contributed by atoms with Crippen molar-refractivity contribution in [3.63, 3.8) is 0 Å². The third-order valence-corrected chi connectivity index (χ3v) is 1.46. The zero-order chi connectivity index (χ0) is 7.56. The Labute approximate surface area is 57.6 Å². The highest BCUT2D eigenvalue weighted by Gasteiger charge is 2.21. The van der Waals surface area contributed by atoms with Gasteiger partial charge in [-0.25, -0.2) is 4.79 Å². The van der Waals surface area contributed by atoms with E-state index in [1.807, 2.05) is 0 Å². The van der Waals surface area contributed by atoms with Crippen LogP contribution in [0.2, 0.25) is 0 Å². The van der Waals surface area contributed by atoms with Gasteiger partial charge in [-0.05, 0) is 0 Å². The number of amides is 1. The second kappa shape index (κ2) is 2.55. The monoisotopic (exact) mass is 144 g/mol. The summed E-state index contributed by atoms with van der Waals surface area (Å²) in [6.45, 7) is 0.681. The SMILES string of the molecule is O=C(O)N1CCC(=NO)C1. The van der Waals surface area contributed by atoms with E-state index >= 15 is 0 Å². The van der Waals surface area contributed by atoms with Crippen molar-refractivity contribution in [3.05, 3.63) is 0 Å². The van der Waals surface area contributed by atoms with Gasteiger partial charge < -0.3 is 15.2 Å². The molecule has 0 aliphatic carbocycles. The first kappa shape index (κ1) is 6.85. The molecule has 1 amide bonds. The topological polar surface area (TPSA) is 73.1 Å². The van der Waals surface area contributed by atoms with E-state index in [0.717, 1.165) is 0 Å². The Morgan fingerprint density at radius 2 is 2.40 bits per heavy atom. The zero-order valence-electron chi connectivity index (χ0n) is 5.32. The van der Waals surface area contributed by atoms with Crippen LogP contribution < -0.4 is 0 Å². The molecule has 0 radical (unpaired) electrons. The summed E-state index contributed by atoms with van der Waals surface area (Å²) in [5.41, 5.74) is 0.530. The van der Waals surface area contributed by atoms with Gasteiger partial charge >= 0.3 is 6.09 Å². The molecule has 1 aliphatic heterocycles. The Bertz CT molecular complexity index is 178. The second-order valence-corrected chi connectivity index (χ2v) is 2.12. The molecular formula is C5H8N2O3. The Balaban J connectivity index is 2.51. The molecule has 0 atom stereocenters. The van der Waals surface area contributed by atoms with Crippen molar-refractivity contribution in [2.75, 3.05) is 13.1 Å². The van der Waals surface area contributed by atoms with Crippen LogP contribution in [0.4, 0.5) is 4.79 Å². The Morgan fingerprint density at radius 1 is 1.70 bits per heavy atom. The van der Waals surface area contributed by atoms with E-state index in [4.69, 9.17) is 10.3 Å². The maximum absolute atomic E-state index is 10.3. The maximum atomic E-state index is 10.3. The van der Waals surface area contributed by atoms with Crippen LogP contribution in [0.1, 0.15) is 6.42 Å². The predicted octanol–water partition coefficient (Wildman–Crippen LogP) is 0.200. The highest BCUT2D eigenvalue weighted by atomic mass is 16.4. The number of nitrogens with zero attached hydrogens (tertiary/aromatic N) is 2. The molecule has 0 bridgehead atoms. The van der Waals surface area contributed by atoms with Crippen LogP contribution in [0.3, 0.4) is 0 Å². The molecule has 0 unspecified atom stereocenters. The summed E-state index contributed by atoms with van der Waals surface area (Å²) >= 11 is 0. The molecule has 0 spiro atoms. The number of hydrogen-bond acceptors (Lipinski definition) is 3. The third-order valence-electron chi connectivity index (χ3n) is 1.46. The van der Waals surface area contributed by atoms with Crippen LogP contribution in [0, 0.1) is 0 Å². The molecule has 0 aromatic rings. The number of rotatable bonds is 0. The molecule has 5 nitrogen and oxygen atoms in total. The highest BCUT2D eigenvalue weighted by molar-refractivity contribution is 5.91. The Hall–Kier alpha value is -1.26. The first-order valence-electron chi connectivity index (χ1n) is 2.91. The molecule has 2 N–H and O–H groups in total. The standard InChI is InChI=1S/C5H8N2O3/c8-5(9)7-2-1-4(3-7)6-10/h10H,1-3H2,(H,8,9). The number of oxime groups is 1. The van der Waals surface area contributed by atoms with Crippen molar-refractivity contribution in [3.8, 4) is 0 Å². The van der Waals surface area contributed by atoms with E-state index in [1.165, 1.54) is 4.90 Å². The summed E-state index contributed by atoms with van der Waals surface area (Å²) in [6.07, 6.45) is -0.415. The fourth-order valence-electron chi connectivity index (χ4n) is 0.887. The minimum absolute atomic E-state index is 0.242. The van der Waals surface area contributed by atoms with Crippen LogP contribution in [0.25, 0.3) is 0 Å². The number of hydrogen-bond donors (Lipinski definition) is 2. The second-order valence-electron chi connectivity index (χ2n) is 2.12. The quantitative estimate of drug-likeness (QED) is 0.376. The number of carbonyl (C=O) groups is 1. The average molecular weight is 144 g/mol. The van der Waals surface area contributed by atoms with Crippen molar-refractivity contribution in [2.45, 2.75) is 6.42 Å². The summed E-state index contributed by atoms with van der Waals surface area (Å²) in [6, 6.07) is 0. The molecule has 5 heteroatoms. The van der Waals surface area contributed by atoms with Gasteiger partial charge in [0.25, 0.3) is 0 Å². The van der Waals surface area contributed by atoms with Gasteiger partial charge in [0.1, 0.15) is 0 Å². The van der Waals surface area contributed by atoms with Crippen LogP contribution >= 0.6 is 0 Å². The Kier molecular flexibility index (Phi) is 1.75. The lowest BCUT2D eigenvalue weighted by Gasteiger charge is -2.07. The van der Waals surface area contributed by atoms with Gasteiger partial charge in [-0.2, -0.15) is 0 Å². The lowest BCUT2D eigenvalue weighted by atomic mass is 10.3. The van der Waals surface area contributed by atoms with Crippen LogP contribution in [-0.4, -0.2) is 40.1 Å². The summed E-state index contributed by atoms with van der Waals surface area (Å²) in [4.78, 5) is 11.5. The van der Waals surface area contributed by atoms with Gasteiger partial charge in [0.2, 0.25) is 0 Å². The highest BCUT2D eigenvalue weighted by Crippen LogP contribution is 2.04. The van der Waals surface area contributed by atoms with Gasteiger partial charge in [-0.1, -0.05) is 5.16 Å². The van der Waals surface area contributed by atoms with E-state index in [2.05, 4.69) is 5.16 Å². The number of carboxylic acid groups (broad SMARTS) is 1. The first-order valence-corrected chi connectivity index (χ1v) is 2.91. The summed E-state index contributed by atoms with van der Waals surface area (Å²) in [5.74, 6) is 0. The van der Waals surface area contributed by atoms with Crippen LogP contribution in [0.5, 0.6) is 0 Å². The minimum atomic E-state index is -0.960. The summed E-state index contributed by atoms with van der Waals surface area (Å²) in [5, 5.41) is 19.6. The van der Waals surface area contributed by atoms with Crippen molar-refractivity contribution >= 4 is 11.8 Å². The zero-order valence-corrected chi connectivity index (χ0v) is 5.32. The molecule has 1 fully saturated rings. The molecule has 1 saturated heterocycles. The van der Waals surface area contributed by atoms with Crippen molar-refractivity contribution in [1.82, 2.24) is 4.90 Å². The fourth-order valence-corrected chi connectivity index (χ4v) is 0.887. The minimum Gasteiger partial charge on any atom is -0.465 e. The third kappa shape index (κ3) is 1.18. The smallest absolute Gasteiger partial charge is 0.407 e. The maximum Gasteiger partial charge on any atom is 0.407 e. The first-order chi connectivity index (χ1) is 4.74. The molecule has 56 valence electrons. The van der Waals surface area contributed by atoms with Crippen molar-refractivity contribution < 1.29 is 15.1 Å². The van der Waals surface area contributed by atoms with Crippen LogP contribution in [0.15, 0.2) is 5.16 Å². The van der Waals surface area contributed by atoms with Crippen molar-refractivity contribution in [1.29, 1.82) is 0 Å². The van der Waals surface area contributed by atoms with E-state index in [0.29, 0.717) is 18.7 Å². The molecule has 1 rings (SSSR count). The summed E-state index contributed by atoms with van der Waals surface area (Å²) < 4.78 is 0. The van der Waals surface area contributed by atoms with Gasteiger partial charge in [-0.15, -0.1) is 0 Å². The van der Waals surface area contributed by atoms with E-state index < -0.39 is 6.09 Å². The van der Waals surface area contributed by atoms with E-state index in [-0.39, 0.29) is 6.54 Å². The normalized spacial score (nSPS) is 22.0. The van der Waals surface area contributed by atoms with Gasteiger partial charge in [0.15, 0.2) is 0 Å². The largest absolute Gasteiger partial charge is 0.465 e. The molecule has 0 aromatic carbocycles. The number of likely N-dealkylation sites (tertiary alicyclic amines) is 1. The van der Waals surface area contributed by atoms with Gasteiger partial charge in [0, 0.05) is 13.0 Å². The van der Waals surface area contributed by atoms with Gasteiger partial charge in [-0.3, -0.25) is 0 Å². The molecule has 1 aliphatic rings. The Morgan fingerprint density at radius 3 is 2.70 bits per heavy atom. The van der Waals surface area contributed by atoms with E-state index in [1.54, 1.807) is 0 Å². The molecule has 0 saturated carbocycles. The van der Waals surface area contributed by atoms with Crippen molar-refractivity contribution in [2.24, 2.45) is 5.16 Å². The fraction of sp³-hybridized carbons (Fsp3) is 0.600. The molecule has 10 heavy (non-hydrogen) atoms.